The molecule has 10 heteroatoms. The minimum Gasteiger partial charge on any atom is -0.451 e. The summed E-state index contributed by atoms with van der Waals surface area (Å²) in [6.07, 6.45) is 0. The predicted octanol–water partition coefficient (Wildman–Crippen LogP) is 5.60. The van der Waals surface area contributed by atoms with Crippen LogP contribution < -0.4 is 10.6 Å². The Bertz CT molecular complexity index is 1130. The van der Waals surface area contributed by atoms with Crippen LogP contribution in [-0.4, -0.2) is 15.9 Å². The van der Waals surface area contributed by atoms with Crippen molar-refractivity contribution < 1.29 is 14.1 Å². The smallest absolute Gasteiger partial charge is 0.293 e. The summed E-state index contributed by atoms with van der Waals surface area (Å²) in [5, 5.41) is 17.1. The minimum absolute atomic E-state index is 0.0194. The van der Waals surface area contributed by atoms with Crippen molar-refractivity contribution >= 4 is 57.8 Å². The van der Waals surface area contributed by atoms with E-state index in [-0.39, 0.29) is 16.6 Å². The van der Waals surface area contributed by atoms with Crippen LogP contribution in [-0.2, 0) is 0 Å². The van der Waals surface area contributed by atoms with Gasteiger partial charge in [-0.15, -0.1) is 0 Å². The SMILES string of the molecule is Cc1c(NC(=S)NC(=O)c2ccc(-c3ccc(Cl)cc3Cl)o2)cccc1[N+](=O)[O-]. The Balaban J connectivity index is 1.71. The van der Waals surface area contributed by atoms with E-state index in [0.29, 0.717) is 32.6 Å². The van der Waals surface area contributed by atoms with Crippen LogP contribution in [0.3, 0.4) is 0 Å². The Kier molecular flexibility index (Phi) is 6.17. The number of hydrogen-bond acceptors (Lipinski definition) is 5. The van der Waals surface area contributed by atoms with Crippen molar-refractivity contribution in [3.63, 3.8) is 0 Å². The zero-order chi connectivity index (χ0) is 21.1. The lowest BCUT2D eigenvalue weighted by Gasteiger charge is -2.11. The molecule has 0 saturated heterocycles. The summed E-state index contributed by atoms with van der Waals surface area (Å²) in [6.45, 7) is 1.58. The van der Waals surface area contributed by atoms with Gasteiger partial charge in [-0.1, -0.05) is 29.3 Å². The molecule has 0 unspecified atom stereocenters. The summed E-state index contributed by atoms with van der Waals surface area (Å²) < 4.78 is 5.56. The van der Waals surface area contributed by atoms with Gasteiger partial charge in [0.25, 0.3) is 11.6 Å². The molecule has 0 fully saturated rings. The zero-order valence-corrected chi connectivity index (χ0v) is 17.2. The maximum Gasteiger partial charge on any atom is 0.293 e. The number of anilines is 1. The third-order valence-electron chi connectivity index (χ3n) is 4.00. The minimum atomic E-state index is -0.582. The lowest BCUT2D eigenvalue weighted by Crippen LogP contribution is -2.34. The fourth-order valence-corrected chi connectivity index (χ4v) is 3.27. The lowest BCUT2D eigenvalue weighted by atomic mass is 10.1. The zero-order valence-electron chi connectivity index (χ0n) is 14.9. The molecule has 3 rings (SSSR count). The van der Waals surface area contributed by atoms with Gasteiger partial charge in [0.1, 0.15) is 5.76 Å². The van der Waals surface area contributed by atoms with Crippen molar-refractivity contribution in [1.29, 1.82) is 0 Å². The number of thiocarbonyl (C=S) groups is 1. The van der Waals surface area contributed by atoms with E-state index in [0.717, 1.165) is 0 Å². The predicted molar refractivity (Wildman–Crippen MR) is 116 cm³/mol. The van der Waals surface area contributed by atoms with Crippen molar-refractivity contribution in [2.45, 2.75) is 6.92 Å². The molecule has 0 aliphatic carbocycles. The van der Waals surface area contributed by atoms with E-state index >= 15 is 0 Å². The highest BCUT2D eigenvalue weighted by atomic mass is 35.5. The highest BCUT2D eigenvalue weighted by Gasteiger charge is 2.17. The van der Waals surface area contributed by atoms with Gasteiger partial charge >= 0.3 is 0 Å². The molecule has 1 aromatic heterocycles. The molecular weight excluding hydrogens is 437 g/mol. The first-order valence-corrected chi connectivity index (χ1v) is 9.34. The van der Waals surface area contributed by atoms with Crippen LogP contribution in [0.25, 0.3) is 11.3 Å². The van der Waals surface area contributed by atoms with Crippen LogP contribution in [0.5, 0.6) is 0 Å². The molecule has 0 radical (unpaired) electrons. The average molecular weight is 450 g/mol. The lowest BCUT2D eigenvalue weighted by molar-refractivity contribution is -0.385. The van der Waals surface area contributed by atoms with Crippen molar-refractivity contribution in [1.82, 2.24) is 5.32 Å². The van der Waals surface area contributed by atoms with Crippen LogP contribution in [0.15, 0.2) is 52.9 Å². The van der Waals surface area contributed by atoms with Gasteiger partial charge < -0.3 is 9.73 Å². The molecule has 0 saturated carbocycles. The summed E-state index contributed by atoms with van der Waals surface area (Å²) in [7, 11) is 0. The number of hydrogen-bond donors (Lipinski definition) is 2. The highest BCUT2D eigenvalue weighted by Crippen LogP contribution is 2.31. The number of rotatable bonds is 4. The Hall–Kier alpha value is -2.94. The van der Waals surface area contributed by atoms with Crippen molar-refractivity contribution in [2.75, 3.05) is 5.32 Å². The van der Waals surface area contributed by atoms with Gasteiger partial charge in [0.05, 0.1) is 21.2 Å². The number of halogens is 2. The maximum atomic E-state index is 12.4. The number of carbonyl (C=O) groups excluding carboxylic acids is 1. The number of carbonyl (C=O) groups is 1. The van der Waals surface area contributed by atoms with Gasteiger partial charge in [-0.25, -0.2) is 0 Å². The molecule has 3 aromatic rings. The Morgan fingerprint density at radius 1 is 1.17 bits per heavy atom. The van der Waals surface area contributed by atoms with Crippen LogP contribution in [0.4, 0.5) is 11.4 Å². The number of nitro groups is 1. The van der Waals surface area contributed by atoms with Crippen LogP contribution in [0.1, 0.15) is 16.1 Å². The highest BCUT2D eigenvalue weighted by molar-refractivity contribution is 7.80. The fraction of sp³-hybridized carbons (Fsp3) is 0.0526. The summed E-state index contributed by atoms with van der Waals surface area (Å²) in [4.78, 5) is 22.9. The second-order valence-corrected chi connectivity index (χ2v) is 7.16. The van der Waals surface area contributed by atoms with E-state index in [9.17, 15) is 14.9 Å². The van der Waals surface area contributed by atoms with Crippen LogP contribution in [0, 0.1) is 17.0 Å². The average Bonchev–Trinajstić information content (AvgIpc) is 3.13. The van der Waals surface area contributed by atoms with E-state index in [1.165, 1.54) is 18.2 Å². The number of nitrogens with one attached hydrogen (secondary N) is 2. The summed E-state index contributed by atoms with van der Waals surface area (Å²) in [5.41, 5.74) is 1.34. The first kappa shape index (κ1) is 20.8. The van der Waals surface area contributed by atoms with Crippen molar-refractivity contribution in [2.24, 2.45) is 0 Å². The van der Waals surface area contributed by atoms with Gasteiger partial charge in [-0.3, -0.25) is 20.2 Å². The molecule has 29 heavy (non-hydrogen) atoms. The third kappa shape index (κ3) is 4.73. The largest absolute Gasteiger partial charge is 0.451 e. The Labute approximate surface area is 180 Å². The van der Waals surface area contributed by atoms with E-state index in [4.69, 9.17) is 39.8 Å². The summed E-state index contributed by atoms with van der Waals surface area (Å²) in [5.74, 6) is -0.168. The van der Waals surface area contributed by atoms with Gasteiger partial charge in [-0.05, 0) is 55.5 Å². The van der Waals surface area contributed by atoms with Gasteiger partial charge in [0, 0.05) is 16.7 Å². The molecule has 1 amide bonds. The van der Waals surface area contributed by atoms with Crippen molar-refractivity contribution in [3.8, 4) is 11.3 Å². The Morgan fingerprint density at radius 2 is 1.93 bits per heavy atom. The molecule has 0 aliphatic heterocycles. The molecule has 148 valence electrons. The van der Waals surface area contributed by atoms with E-state index < -0.39 is 10.8 Å². The molecule has 1 heterocycles. The maximum absolute atomic E-state index is 12.4. The second-order valence-electron chi connectivity index (χ2n) is 5.90. The quantitative estimate of drug-likeness (QED) is 0.305. The number of benzene rings is 2. The fourth-order valence-electron chi connectivity index (χ4n) is 2.57. The standard InChI is InChI=1S/C19H13Cl2N3O4S/c1-10-14(3-2-4-15(10)24(26)27)22-19(29)23-18(25)17-8-7-16(28-17)12-6-5-11(20)9-13(12)21/h2-9H,1H3,(H2,22,23,25,29). The summed E-state index contributed by atoms with van der Waals surface area (Å²) >= 11 is 17.2. The molecule has 0 aliphatic rings. The molecule has 0 bridgehead atoms. The number of amides is 1. The van der Waals surface area contributed by atoms with E-state index in [1.54, 1.807) is 37.3 Å². The Morgan fingerprint density at radius 3 is 2.62 bits per heavy atom. The van der Waals surface area contributed by atoms with E-state index in [2.05, 4.69) is 10.6 Å². The first-order chi connectivity index (χ1) is 13.8. The first-order valence-electron chi connectivity index (χ1n) is 8.18. The molecule has 7 nitrogen and oxygen atoms in total. The molecule has 0 spiro atoms. The second kappa shape index (κ2) is 8.60. The molecule has 0 atom stereocenters. The number of nitrogens with zero attached hydrogens (tertiary/aromatic N) is 1. The van der Waals surface area contributed by atoms with Crippen LogP contribution >= 0.6 is 35.4 Å². The molecule has 2 N–H and O–H groups in total. The molecule has 2 aromatic carbocycles. The monoisotopic (exact) mass is 449 g/mol. The third-order valence-corrected chi connectivity index (χ3v) is 4.76. The number of nitro benzene ring substituents is 1. The van der Waals surface area contributed by atoms with Gasteiger partial charge in [0.2, 0.25) is 0 Å². The summed E-state index contributed by atoms with van der Waals surface area (Å²) in [6, 6.07) is 12.5. The van der Waals surface area contributed by atoms with Gasteiger partial charge in [-0.2, -0.15) is 0 Å². The van der Waals surface area contributed by atoms with Crippen molar-refractivity contribution in [3.05, 3.63) is 80.0 Å². The topological polar surface area (TPSA) is 97.4 Å². The molecular formula is C19H13Cl2N3O4S. The normalized spacial score (nSPS) is 10.4. The van der Waals surface area contributed by atoms with E-state index in [1.807, 2.05) is 0 Å². The number of furan rings is 1. The van der Waals surface area contributed by atoms with Gasteiger partial charge in [0.15, 0.2) is 10.9 Å². The van der Waals surface area contributed by atoms with Crippen LogP contribution in [0.2, 0.25) is 10.0 Å².